The monoisotopic (exact) mass is 270 g/mol. The van der Waals surface area contributed by atoms with Crippen molar-refractivity contribution in [1.29, 1.82) is 0 Å². The van der Waals surface area contributed by atoms with Gasteiger partial charge < -0.3 is 9.88 Å². The van der Waals surface area contributed by atoms with Gasteiger partial charge in [-0.1, -0.05) is 30.3 Å². The summed E-state index contributed by atoms with van der Waals surface area (Å²) in [6, 6.07) is 11.9. The molecule has 0 spiro atoms. The third-order valence-electron chi connectivity index (χ3n) is 3.06. The molecule has 4 heteroatoms. The van der Waals surface area contributed by atoms with Gasteiger partial charge in [0.1, 0.15) is 11.5 Å². The van der Waals surface area contributed by atoms with E-state index in [-0.39, 0.29) is 17.9 Å². The van der Waals surface area contributed by atoms with Gasteiger partial charge in [-0.05, 0) is 30.5 Å². The maximum absolute atomic E-state index is 12.1. The van der Waals surface area contributed by atoms with E-state index in [2.05, 4.69) is 5.32 Å². The molecule has 0 radical (unpaired) electrons. The number of carbonyl (C=O) groups excluding carboxylic acids is 1. The number of nitrogens with zero attached hydrogens (tertiary/aromatic N) is 1. The van der Waals surface area contributed by atoms with E-state index in [0.717, 1.165) is 12.0 Å². The normalized spacial score (nSPS) is 10.3. The SMILES string of the molecule is CNc1cc(Cc2ccccc2)cn(CC(C)=O)c1=O. The molecule has 0 unspecified atom stereocenters. The highest BCUT2D eigenvalue weighted by Gasteiger charge is 2.07. The first-order valence-corrected chi connectivity index (χ1v) is 6.54. The van der Waals surface area contributed by atoms with Gasteiger partial charge in [0.25, 0.3) is 5.56 Å². The fourth-order valence-corrected chi connectivity index (χ4v) is 2.16. The molecule has 1 aromatic carbocycles. The van der Waals surface area contributed by atoms with Crippen LogP contribution in [0.3, 0.4) is 0 Å². The number of hydrogen-bond acceptors (Lipinski definition) is 3. The van der Waals surface area contributed by atoms with Gasteiger partial charge in [-0.25, -0.2) is 0 Å². The van der Waals surface area contributed by atoms with Crippen molar-refractivity contribution in [3.05, 3.63) is 64.1 Å². The molecule has 0 aliphatic rings. The number of carbonyl (C=O) groups is 1. The van der Waals surface area contributed by atoms with E-state index in [1.807, 2.05) is 36.4 Å². The third-order valence-corrected chi connectivity index (χ3v) is 3.06. The number of anilines is 1. The third kappa shape index (κ3) is 3.35. The molecule has 0 amide bonds. The topological polar surface area (TPSA) is 51.1 Å². The number of Topliss-reactive ketones (excluding diaryl/α,β-unsaturated/α-hetero) is 1. The van der Waals surface area contributed by atoms with Gasteiger partial charge in [0, 0.05) is 13.2 Å². The Balaban J connectivity index is 2.38. The second kappa shape index (κ2) is 6.19. The molecule has 2 rings (SSSR count). The Bertz CT molecular complexity index is 660. The summed E-state index contributed by atoms with van der Waals surface area (Å²) in [5.41, 5.74) is 2.52. The lowest BCUT2D eigenvalue weighted by Gasteiger charge is -2.10. The standard InChI is InChI=1S/C16H18N2O2/c1-12(19)10-18-11-14(9-15(17-2)16(18)20)8-13-6-4-3-5-7-13/h3-7,9,11,17H,8,10H2,1-2H3. The fraction of sp³-hybridized carbons (Fsp3) is 0.250. The summed E-state index contributed by atoms with van der Waals surface area (Å²) in [4.78, 5) is 23.3. The Hall–Kier alpha value is -2.36. The Morgan fingerprint density at radius 3 is 2.50 bits per heavy atom. The van der Waals surface area contributed by atoms with E-state index in [1.54, 1.807) is 13.2 Å². The first-order valence-electron chi connectivity index (χ1n) is 6.54. The number of benzene rings is 1. The Kier molecular flexibility index (Phi) is 4.35. The summed E-state index contributed by atoms with van der Waals surface area (Å²) < 4.78 is 1.46. The first-order chi connectivity index (χ1) is 9.60. The van der Waals surface area contributed by atoms with E-state index in [1.165, 1.54) is 17.1 Å². The van der Waals surface area contributed by atoms with E-state index in [0.29, 0.717) is 5.69 Å². The van der Waals surface area contributed by atoms with Crippen LogP contribution in [0.25, 0.3) is 0 Å². The molecule has 0 saturated heterocycles. The number of pyridine rings is 1. The summed E-state index contributed by atoms with van der Waals surface area (Å²) in [6.45, 7) is 1.59. The Morgan fingerprint density at radius 1 is 1.20 bits per heavy atom. The number of aromatic nitrogens is 1. The van der Waals surface area contributed by atoms with E-state index < -0.39 is 0 Å². The van der Waals surface area contributed by atoms with Crippen LogP contribution in [0.1, 0.15) is 18.1 Å². The molecule has 0 atom stereocenters. The van der Waals surface area contributed by atoms with Crippen molar-refractivity contribution in [2.75, 3.05) is 12.4 Å². The molecule has 1 heterocycles. The predicted octanol–water partition coefficient (Wildman–Crippen LogP) is 2.07. The number of rotatable bonds is 5. The highest BCUT2D eigenvalue weighted by molar-refractivity contribution is 5.75. The maximum atomic E-state index is 12.1. The summed E-state index contributed by atoms with van der Waals surface area (Å²) in [5.74, 6) is -0.0361. The van der Waals surface area contributed by atoms with Gasteiger partial charge in [-0.2, -0.15) is 0 Å². The van der Waals surface area contributed by atoms with Gasteiger partial charge in [-0.15, -0.1) is 0 Å². The van der Waals surface area contributed by atoms with E-state index in [9.17, 15) is 9.59 Å². The number of nitrogens with one attached hydrogen (secondary N) is 1. The van der Waals surface area contributed by atoms with Crippen LogP contribution in [0.4, 0.5) is 5.69 Å². The zero-order valence-electron chi connectivity index (χ0n) is 11.7. The molecular formula is C16H18N2O2. The van der Waals surface area contributed by atoms with Crippen LogP contribution in [0.5, 0.6) is 0 Å². The molecule has 0 fully saturated rings. The lowest BCUT2D eigenvalue weighted by Crippen LogP contribution is -2.25. The van der Waals surface area contributed by atoms with Crippen LogP contribution in [0, 0.1) is 0 Å². The molecule has 2 aromatic rings. The average molecular weight is 270 g/mol. The quantitative estimate of drug-likeness (QED) is 0.905. The lowest BCUT2D eigenvalue weighted by atomic mass is 10.1. The van der Waals surface area contributed by atoms with Gasteiger partial charge in [-0.3, -0.25) is 9.59 Å². The molecular weight excluding hydrogens is 252 g/mol. The van der Waals surface area contributed by atoms with Crippen molar-refractivity contribution in [1.82, 2.24) is 4.57 Å². The number of ketones is 1. The molecule has 0 aliphatic carbocycles. The molecule has 104 valence electrons. The number of hydrogen-bond donors (Lipinski definition) is 1. The van der Waals surface area contributed by atoms with Crippen LogP contribution in [0.15, 0.2) is 47.4 Å². The average Bonchev–Trinajstić information content (AvgIpc) is 2.43. The van der Waals surface area contributed by atoms with Crippen LogP contribution >= 0.6 is 0 Å². The lowest BCUT2D eigenvalue weighted by molar-refractivity contribution is -0.117. The minimum atomic E-state index is -0.167. The van der Waals surface area contributed by atoms with E-state index >= 15 is 0 Å². The molecule has 20 heavy (non-hydrogen) atoms. The molecule has 1 N–H and O–H groups in total. The van der Waals surface area contributed by atoms with Crippen LogP contribution in [-0.4, -0.2) is 17.4 Å². The summed E-state index contributed by atoms with van der Waals surface area (Å²) in [5, 5.41) is 2.89. The molecule has 1 aromatic heterocycles. The highest BCUT2D eigenvalue weighted by atomic mass is 16.1. The predicted molar refractivity (Wildman–Crippen MR) is 80.2 cm³/mol. The van der Waals surface area contributed by atoms with Crippen molar-refractivity contribution < 1.29 is 4.79 Å². The van der Waals surface area contributed by atoms with E-state index in [4.69, 9.17) is 0 Å². The van der Waals surface area contributed by atoms with Crippen molar-refractivity contribution in [3.63, 3.8) is 0 Å². The molecule has 0 aliphatic heterocycles. The van der Waals surface area contributed by atoms with Gasteiger partial charge in [0.15, 0.2) is 0 Å². The van der Waals surface area contributed by atoms with Crippen molar-refractivity contribution >= 4 is 11.5 Å². The minimum absolute atomic E-state index is 0.0361. The van der Waals surface area contributed by atoms with Crippen LogP contribution < -0.4 is 10.9 Å². The Morgan fingerprint density at radius 2 is 1.90 bits per heavy atom. The zero-order chi connectivity index (χ0) is 14.5. The van der Waals surface area contributed by atoms with Crippen LogP contribution in [-0.2, 0) is 17.8 Å². The van der Waals surface area contributed by atoms with Gasteiger partial charge >= 0.3 is 0 Å². The van der Waals surface area contributed by atoms with Gasteiger partial charge in [0.05, 0.1) is 6.54 Å². The second-order valence-corrected chi connectivity index (χ2v) is 4.81. The first kappa shape index (κ1) is 14.1. The van der Waals surface area contributed by atoms with Crippen molar-refractivity contribution in [2.45, 2.75) is 19.9 Å². The zero-order valence-corrected chi connectivity index (χ0v) is 11.7. The second-order valence-electron chi connectivity index (χ2n) is 4.81. The highest BCUT2D eigenvalue weighted by Crippen LogP contribution is 2.11. The fourth-order valence-electron chi connectivity index (χ4n) is 2.16. The van der Waals surface area contributed by atoms with Crippen LogP contribution in [0.2, 0.25) is 0 Å². The Labute approximate surface area is 118 Å². The largest absolute Gasteiger partial charge is 0.384 e. The smallest absolute Gasteiger partial charge is 0.274 e. The maximum Gasteiger partial charge on any atom is 0.274 e. The summed E-state index contributed by atoms with van der Waals surface area (Å²) in [7, 11) is 1.71. The van der Waals surface area contributed by atoms with Crippen molar-refractivity contribution in [3.8, 4) is 0 Å². The van der Waals surface area contributed by atoms with Gasteiger partial charge in [0.2, 0.25) is 0 Å². The summed E-state index contributed by atoms with van der Waals surface area (Å²) >= 11 is 0. The van der Waals surface area contributed by atoms with Crippen molar-refractivity contribution in [2.24, 2.45) is 0 Å². The minimum Gasteiger partial charge on any atom is -0.384 e. The molecule has 0 saturated carbocycles. The molecule has 0 bridgehead atoms. The molecule has 4 nitrogen and oxygen atoms in total. The summed E-state index contributed by atoms with van der Waals surface area (Å²) in [6.07, 6.45) is 2.49.